The van der Waals surface area contributed by atoms with Gasteiger partial charge in [-0.1, -0.05) is 324 Å². The summed E-state index contributed by atoms with van der Waals surface area (Å²) < 4.78 is 0. The summed E-state index contributed by atoms with van der Waals surface area (Å²) in [6.07, 6.45) is 14.7. The van der Waals surface area contributed by atoms with Gasteiger partial charge in [0.2, 0.25) is 0 Å². The quantitative estimate of drug-likeness (QED) is 0.0629. The molecule has 4 atom stereocenters. The third-order valence-corrected chi connectivity index (χ3v) is 34.8. The van der Waals surface area contributed by atoms with E-state index in [2.05, 4.69) is 387 Å². The Labute approximate surface area is 756 Å². The minimum absolute atomic E-state index is 0.0151. The molecule has 12 nitrogen and oxygen atoms in total. The lowest BCUT2D eigenvalue weighted by molar-refractivity contribution is 0.729. The van der Waals surface area contributed by atoms with Crippen LogP contribution in [0.4, 0.5) is 0 Å². The van der Waals surface area contributed by atoms with Gasteiger partial charge in [-0.25, -0.2) is 29.9 Å². The summed E-state index contributed by atoms with van der Waals surface area (Å²) in [5.41, 5.74) is 34.1. The first-order valence-electron chi connectivity index (χ1n) is 44.7. The van der Waals surface area contributed by atoms with E-state index in [1.54, 1.807) is 0 Å². The van der Waals surface area contributed by atoms with Gasteiger partial charge in [-0.05, 0) is 94.6 Å². The Kier molecular flexibility index (Phi) is 20.9. The maximum absolute atomic E-state index is 5.49. The molecule has 0 saturated heterocycles. The summed E-state index contributed by atoms with van der Waals surface area (Å²) in [5.74, 6) is 2.18. The van der Waals surface area contributed by atoms with Crippen molar-refractivity contribution < 1.29 is 0 Å². The van der Waals surface area contributed by atoms with Crippen LogP contribution < -0.4 is 31.1 Å². The van der Waals surface area contributed by atoms with Gasteiger partial charge in [0.15, 0.2) is 17.5 Å². The molecule has 0 fully saturated rings. The molecule has 0 amide bonds. The summed E-state index contributed by atoms with van der Waals surface area (Å²) >= 11 is 0. The van der Waals surface area contributed by atoms with Gasteiger partial charge >= 0.3 is 0 Å². The molecule has 0 saturated carbocycles. The molecule has 3 aliphatic rings. The molecule has 3 aliphatic heterocycles. The number of hydrogen-bond acceptors (Lipinski definition) is 12. The lowest BCUT2D eigenvalue weighted by Crippen LogP contribution is -2.49. The van der Waals surface area contributed by atoms with E-state index in [0.717, 1.165) is 174 Å². The molecule has 15 heteroatoms. The second kappa shape index (κ2) is 33.7. The van der Waals surface area contributed by atoms with Crippen molar-refractivity contribution in [1.82, 2.24) is 59.8 Å². The van der Waals surface area contributed by atoms with Crippen molar-refractivity contribution >= 4 is 57.5 Å². The lowest BCUT2D eigenvalue weighted by Gasteiger charge is -2.22. The summed E-state index contributed by atoms with van der Waals surface area (Å²) in [4.78, 5) is 64.9. The molecule has 129 heavy (non-hydrogen) atoms. The molecular weight excluding hydrogens is 1620 g/mol. The number of pyridine rings is 6. The van der Waals surface area contributed by atoms with E-state index in [-0.39, 0.29) is 17.8 Å². The number of rotatable bonds is 21. The number of fused-ring (bicyclic) bond motifs is 9. The van der Waals surface area contributed by atoms with Crippen molar-refractivity contribution in [2.45, 2.75) is 77.4 Å². The molecule has 4 unspecified atom stereocenters. The van der Waals surface area contributed by atoms with Crippen LogP contribution in [-0.4, -0.2) is 86.2 Å². The predicted molar refractivity (Wildman–Crippen MR) is 534 cm³/mol. The molecule has 22 rings (SSSR count). The molecule has 10 aromatic carbocycles. The Bertz CT molecular complexity index is 7330. The summed E-state index contributed by atoms with van der Waals surface area (Å²) in [6, 6.07) is 116. The fourth-order valence-corrected chi connectivity index (χ4v) is 27.2. The van der Waals surface area contributed by atoms with Crippen molar-refractivity contribution in [2.24, 2.45) is 0 Å². The van der Waals surface area contributed by atoms with Crippen molar-refractivity contribution in [3.8, 4) is 169 Å². The Morgan fingerprint density at radius 1 is 0.256 bits per heavy atom. The number of nitrogens with zero attached hydrogens (tertiary/aromatic N) is 12. The Hall–Kier alpha value is -15.0. The highest BCUT2D eigenvalue weighted by Crippen LogP contribution is 2.43. The molecule has 19 aromatic rings. The van der Waals surface area contributed by atoms with Crippen LogP contribution in [-0.2, 0) is 19.3 Å². The monoisotopic (exact) mass is 1710 g/mol. The van der Waals surface area contributed by atoms with Gasteiger partial charge in [-0.15, -0.1) is 0 Å². The topological polar surface area (TPSA) is 155 Å². The van der Waals surface area contributed by atoms with Gasteiger partial charge in [0.25, 0.3) is 0 Å². The van der Waals surface area contributed by atoms with Crippen molar-refractivity contribution in [3.05, 3.63) is 399 Å². The Morgan fingerprint density at radius 2 is 0.512 bits per heavy atom. The van der Waals surface area contributed by atoms with Crippen LogP contribution in [0, 0.1) is 0 Å². The predicted octanol–water partition coefficient (Wildman–Crippen LogP) is 21.3. The zero-order valence-corrected chi connectivity index (χ0v) is 76.2. The summed E-state index contributed by atoms with van der Waals surface area (Å²) in [5, 5.41) is 8.16. The minimum atomic E-state index is -2.43. The first-order valence-corrected chi connectivity index (χ1v) is 51.4. The number of benzene rings is 10. The van der Waals surface area contributed by atoms with Gasteiger partial charge in [0, 0.05) is 189 Å². The summed E-state index contributed by atoms with van der Waals surface area (Å²) in [6.45, 7) is 14.4. The van der Waals surface area contributed by atoms with E-state index in [1.165, 1.54) is 42.2 Å². The molecule has 0 N–H and O–H groups in total. The molecule has 0 aliphatic carbocycles. The van der Waals surface area contributed by atoms with Gasteiger partial charge in [-0.3, -0.25) is 29.9 Å². The second-order valence-electron chi connectivity index (χ2n) is 35.2. The van der Waals surface area contributed by atoms with E-state index in [9.17, 15) is 0 Å². The van der Waals surface area contributed by atoms with Crippen LogP contribution in [0.1, 0.15) is 72.3 Å². The first-order chi connectivity index (χ1) is 63.3. The molecule has 0 spiro atoms. The normalized spacial score (nSPS) is 14.0. The highest BCUT2D eigenvalue weighted by Gasteiger charge is 2.40. The molecule has 0 bridgehead atoms. The maximum atomic E-state index is 5.49. The van der Waals surface area contributed by atoms with Gasteiger partial charge in [-0.2, -0.15) is 0 Å². The highest BCUT2D eigenvalue weighted by atomic mass is 28.3. The van der Waals surface area contributed by atoms with E-state index in [0.29, 0.717) is 36.7 Å². The van der Waals surface area contributed by atoms with E-state index in [4.69, 9.17) is 59.8 Å². The van der Waals surface area contributed by atoms with Crippen molar-refractivity contribution in [1.29, 1.82) is 0 Å². The van der Waals surface area contributed by atoms with Crippen LogP contribution in [0.2, 0.25) is 19.6 Å². The molecular formula is C114H90N12Si3. The van der Waals surface area contributed by atoms with Crippen molar-refractivity contribution in [3.63, 3.8) is 0 Å². The lowest BCUT2D eigenvalue weighted by atomic mass is 9.90. The average Bonchev–Trinajstić information content (AvgIpc) is 1.58. The number of aromatic nitrogens is 12. The third kappa shape index (κ3) is 15.2. The standard InChI is InChI=1S/C114H90N12Si3/c1-70(52-85-106(73-34-16-7-17-35-73)121-112(79-46-28-13-29-47-79)122-107(85)74-36-18-8-19-37-74)94-58-100-88(64-115-94)89-65-118-97(59-101(89)127-100)82-55-83(98-61-103-91(67-119-98)90-66-116-95(60-102(90)128(103)4)71(2)53-86-108(75-38-20-9-21-39-75)123-113(80-48-30-14-31-49-80)124-109(86)76-40-22-10-23-41-76)57-84(56-82)99-63-105-93(69-120-99)92-68-117-96(62-104(92)129(105,5)6)72(3)54-87-110(77-42-24-11-25-43-77)125-114(81-50-32-15-33-51-81)126-111(87)78-44-26-12-27-45-78/h7-51,55-72,128H,52-54,127H2,1-6H3. The maximum Gasteiger partial charge on any atom is 0.160 e. The zero-order chi connectivity index (χ0) is 86.8. The Morgan fingerprint density at radius 3 is 0.868 bits per heavy atom. The van der Waals surface area contributed by atoms with Crippen molar-refractivity contribution in [2.75, 3.05) is 0 Å². The highest BCUT2D eigenvalue weighted by molar-refractivity contribution is 7.03. The largest absolute Gasteiger partial charge is 0.260 e. The van der Waals surface area contributed by atoms with E-state index in [1.807, 2.05) is 18.2 Å². The minimum Gasteiger partial charge on any atom is -0.260 e. The zero-order valence-electron chi connectivity index (χ0n) is 72.6. The summed E-state index contributed by atoms with van der Waals surface area (Å²) in [7, 11) is -5.28. The smallest absolute Gasteiger partial charge is 0.160 e. The third-order valence-electron chi connectivity index (χ3n) is 26.5. The van der Waals surface area contributed by atoms with Gasteiger partial charge in [0.1, 0.15) is 16.9 Å². The van der Waals surface area contributed by atoms with Crippen LogP contribution in [0.25, 0.3) is 169 Å². The fraction of sp³-hybridized carbons (Fsp3) is 0.105. The van der Waals surface area contributed by atoms with Crippen LogP contribution in [0.3, 0.4) is 0 Å². The number of hydrogen-bond donors (Lipinski definition) is 0. The molecule has 618 valence electrons. The van der Waals surface area contributed by atoms with Crippen LogP contribution >= 0.6 is 0 Å². The van der Waals surface area contributed by atoms with E-state index < -0.39 is 26.4 Å². The molecule has 9 aromatic heterocycles. The second-order valence-corrected chi connectivity index (χ2v) is 44.1. The Balaban J connectivity index is 0.604. The van der Waals surface area contributed by atoms with Gasteiger partial charge in [0.05, 0.1) is 60.8 Å². The van der Waals surface area contributed by atoms with Crippen LogP contribution in [0.15, 0.2) is 365 Å². The van der Waals surface area contributed by atoms with Crippen LogP contribution in [0.5, 0.6) is 0 Å². The SMILES string of the molecule is CC(Cc1c(-c2ccccc2)nc(-c2ccccc2)nc1-c1ccccc1)c1cc2c(cn1)-c1cnc(-c3cc(-c4cc5c(cn4)-c4cnc(C(C)Cc6c(-c7ccccc7)nc(-c7ccccc7)nc6-c6ccccc6)cc4[SiH]5C)cc(-c4cc5c(cn4)-c4cnc(C(C)Cc6c(-c7ccccc7)nc(-c7ccccc7)nc6-c6ccccc6)cc4[Si]5(C)C)c3)cc1[SiH2]2. The fourth-order valence-electron chi connectivity index (χ4n) is 19.6. The average molecular weight is 1710 g/mol. The van der Waals surface area contributed by atoms with E-state index >= 15 is 0 Å². The molecule has 0 radical (unpaired) electrons. The van der Waals surface area contributed by atoms with Gasteiger partial charge < -0.3 is 0 Å². The first kappa shape index (κ1) is 79.9. The molecule has 12 heterocycles.